The minimum absolute atomic E-state index is 0.165. The molecule has 2 N–H and O–H groups in total. The zero-order valence-corrected chi connectivity index (χ0v) is 11.8. The van der Waals surface area contributed by atoms with Crippen molar-refractivity contribution in [2.75, 3.05) is 20.2 Å². The summed E-state index contributed by atoms with van der Waals surface area (Å²) in [5.74, 6) is 0.789. The second kappa shape index (κ2) is 6.66. The van der Waals surface area contributed by atoms with E-state index < -0.39 is 6.10 Å². The molecule has 0 unspecified atom stereocenters. The number of aliphatic hydroxyl groups is 2. The quantitative estimate of drug-likeness (QED) is 0.832. The third-order valence-corrected chi connectivity index (χ3v) is 4.83. The Hall–Kier alpha value is -0.420. The maximum atomic E-state index is 9.40. The normalized spacial score (nSPS) is 18.7. The topological polar surface area (TPSA) is 43.7 Å². The van der Waals surface area contributed by atoms with Crippen LogP contribution in [0.25, 0.3) is 0 Å². The molecule has 0 aliphatic heterocycles. The third-order valence-electron chi connectivity index (χ3n) is 3.60. The molecule has 1 fully saturated rings. The smallest absolute Gasteiger partial charge is 0.0897 e. The Morgan fingerprint density at radius 1 is 1.39 bits per heavy atom. The first-order valence-electron chi connectivity index (χ1n) is 6.75. The number of nitrogens with zero attached hydrogens (tertiary/aromatic N) is 1. The average Bonchev–Trinajstić information content (AvgIpc) is 2.98. The van der Waals surface area contributed by atoms with Crippen molar-refractivity contribution in [2.45, 2.75) is 44.2 Å². The van der Waals surface area contributed by atoms with Crippen molar-refractivity contribution in [3.63, 3.8) is 0 Å². The predicted octanol–water partition coefficient (Wildman–Crippen LogP) is 2.19. The van der Waals surface area contributed by atoms with Crippen LogP contribution in [0.4, 0.5) is 0 Å². The van der Waals surface area contributed by atoms with E-state index in [1.807, 2.05) is 18.4 Å². The molecular weight excluding hydrogens is 246 g/mol. The van der Waals surface area contributed by atoms with Crippen molar-refractivity contribution in [1.29, 1.82) is 0 Å². The van der Waals surface area contributed by atoms with E-state index >= 15 is 0 Å². The molecule has 1 aromatic rings. The lowest BCUT2D eigenvalue weighted by atomic mass is 10.1. The van der Waals surface area contributed by atoms with Crippen LogP contribution in [0.15, 0.2) is 12.1 Å². The van der Waals surface area contributed by atoms with Gasteiger partial charge in [0.15, 0.2) is 0 Å². The number of hydrogen-bond donors (Lipinski definition) is 2. The van der Waals surface area contributed by atoms with Crippen LogP contribution in [-0.4, -0.2) is 41.4 Å². The molecule has 1 aromatic heterocycles. The second-order valence-corrected chi connectivity index (χ2v) is 6.52. The summed E-state index contributed by atoms with van der Waals surface area (Å²) in [6, 6.07) is 4.48. The van der Waals surface area contributed by atoms with Gasteiger partial charge < -0.3 is 10.2 Å². The van der Waals surface area contributed by atoms with Crippen LogP contribution in [0.3, 0.4) is 0 Å². The van der Waals surface area contributed by atoms with Crippen molar-refractivity contribution in [1.82, 2.24) is 4.90 Å². The Morgan fingerprint density at radius 3 is 2.78 bits per heavy atom. The van der Waals surface area contributed by atoms with E-state index in [2.05, 4.69) is 17.0 Å². The van der Waals surface area contributed by atoms with Crippen molar-refractivity contribution < 1.29 is 10.2 Å². The molecule has 1 saturated carbocycles. The van der Waals surface area contributed by atoms with Gasteiger partial charge in [-0.15, -0.1) is 11.3 Å². The lowest BCUT2D eigenvalue weighted by Crippen LogP contribution is -2.30. The van der Waals surface area contributed by atoms with Gasteiger partial charge in [0.2, 0.25) is 0 Å². The van der Waals surface area contributed by atoms with E-state index in [1.165, 1.54) is 35.4 Å². The molecule has 3 nitrogen and oxygen atoms in total. The molecule has 1 aliphatic carbocycles. The SMILES string of the molecule is CN(Cc1ccc(C2CCCC2)s1)C[C@H](O)CO. The molecular formula is C14H23NO2S. The van der Waals surface area contributed by atoms with Crippen LogP contribution in [-0.2, 0) is 6.54 Å². The van der Waals surface area contributed by atoms with Crippen molar-refractivity contribution >= 4 is 11.3 Å². The Morgan fingerprint density at radius 2 is 2.11 bits per heavy atom. The fourth-order valence-electron chi connectivity index (χ4n) is 2.66. The van der Waals surface area contributed by atoms with E-state index in [-0.39, 0.29) is 6.61 Å². The van der Waals surface area contributed by atoms with Crippen molar-refractivity contribution in [2.24, 2.45) is 0 Å². The highest BCUT2D eigenvalue weighted by Crippen LogP contribution is 2.37. The predicted molar refractivity (Wildman–Crippen MR) is 75.0 cm³/mol. The summed E-state index contributed by atoms with van der Waals surface area (Å²) in [5, 5.41) is 18.2. The van der Waals surface area contributed by atoms with Gasteiger partial charge in [-0.1, -0.05) is 12.8 Å². The Balaban J connectivity index is 1.85. The highest BCUT2D eigenvalue weighted by molar-refractivity contribution is 7.12. The zero-order valence-electron chi connectivity index (χ0n) is 11.0. The molecule has 0 aromatic carbocycles. The fourth-order valence-corrected chi connectivity index (χ4v) is 3.92. The minimum atomic E-state index is -0.635. The van der Waals surface area contributed by atoms with Gasteiger partial charge in [-0.25, -0.2) is 0 Å². The van der Waals surface area contributed by atoms with E-state index in [0.29, 0.717) is 6.54 Å². The summed E-state index contributed by atoms with van der Waals surface area (Å²) in [7, 11) is 1.98. The van der Waals surface area contributed by atoms with Crippen LogP contribution in [0.5, 0.6) is 0 Å². The van der Waals surface area contributed by atoms with Gasteiger partial charge >= 0.3 is 0 Å². The summed E-state index contributed by atoms with van der Waals surface area (Å²) >= 11 is 1.91. The summed E-state index contributed by atoms with van der Waals surface area (Å²) in [6.07, 6.45) is 4.81. The lowest BCUT2D eigenvalue weighted by molar-refractivity contribution is 0.0650. The molecule has 102 valence electrons. The van der Waals surface area contributed by atoms with Gasteiger partial charge in [-0.3, -0.25) is 4.90 Å². The zero-order chi connectivity index (χ0) is 13.0. The molecule has 0 saturated heterocycles. The molecule has 1 aliphatic rings. The van der Waals surface area contributed by atoms with E-state index in [9.17, 15) is 5.11 Å². The second-order valence-electron chi connectivity index (χ2n) is 5.32. The Labute approximate surface area is 113 Å². The standard InChI is InChI=1S/C14H23NO2S/c1-15(8-12(17)10-16)9-13-6-7-14(18-13)11-4-2-3-5-11/h6-7,11-12,16-17H,2-5,8-10H2,1H3/t12-/m0/s1. The van der Waals surface area contributed by atoms with Gasteiger partial charge in [0.1, 0.15) is 0 Å². The Kier molecular flexibility index (Phi) is 5.18. The average molecular weight is 269 g/mol. The van der Waals surface area contributed by atoms with Crippen LogP contribution in [0.1, 0.15) is 41.4 Å². The molecule has 2 rings (SSSR count). The first-order chi connectivity index (χ1) is 8.69. The molecule has 1 heterocycles. The maximum Gasteiger partial charge on any atom is 0.0897 e. The highest BCUT2D eigenvalue weighted by atomic mass is 32.1. The molecule has 1 atom stereocenters. The molecule has 0 bridgehead atoms. The summed E-state index contributed by atoms with van der Waals surface area (Å²) in [4.78, 5) is 4.94. The van der Waals surface area contributed by atoms with Gasteiger partial charge in [0.25, 0.3) is 0 Å². The number of likely N-dealkylation sites (N-methyl/N-ethyl adjacent to an activating group) is 1. The molecule has 0 spiro atoms. The number of hydrogen-bond acceptors (Lipinski definition) is 4. The van der Waals surface area contributed by atoms with Crippen LogP contribution in [0.2, 0.25) is 0 Å². The maximum absolute atomic E-state index is 9.40. The number of rotatable bonds is 6. The van der Waals surface area contributed by atoms with Gasteiger partial charge in [-0.05, 0) is 37.9 Å². The van der Waals surface area contributed by atoms with Gasteiger partial charge in [-0.2, -0.15) is 0 Å². The van der Waals surface area contributed by atoms with Crippen LogP contribution < -0.4 is 0 Å². The largest absolute Gasteiger partial charge is 0.394 e. The van der Waals surface area contributed by atoms with E-state index in [1.54, 1.807) is 0 Å². The molecule has 4 heteroatoms. The first kappa shape index (κ1) is 14.0. The van der Waals surface area contributed by atoms with Gasteiger partial charge in [0, 0.05) is 22.8 Å². The van der Waals surface area contributed by atoms with E-state index in [4.69, 9.17) is 5.11 Å². The Bertz CT molecular complexity index is 360. The highest BCUT2D eigenvalue weighted by Gasteiger charge is 2.19. The summed E-state index contributed by atoms with van der Waals surface area (Å²) < 4.78 is 0. The molecule has 0 radical (unpaired) electrons. The van der Waals surface area contributed by atoms with Crippen LogP contribution in [0, 0.1) is 0 Å². The van der Waals surface area contributed by atoms with E-state index in [0.717, 1.165) is 12.5 Å². The summed E-state index contributed by atoms with van der Waals surface area (Å²) in [6.45, 7) is 1.21. The number of thiophene rings is 1. The van der Waals surface area contributed by atoms with Crippen molar-refractivity contribution in [3.05, 3.63) is 21.9 Å². The minimum Gasteiger partial charge on any atom is -0.394 e. The number of aliphatic hydroxyl groups excluding tert-OH is 2. The molecule has 0 amide bonds. The van der Waals surface area contributed by atoms with Crippen LogP contribution >= 0.6 is 11.3 Å². The third kappa shape index (κ3) is 3.79. The fraction of sp³-hybridized carbons (Fsp3) is 0.714. The molecule has 18 heavy (non-hydrogen) atoms. The monoisotopic (exact) mass is 269 g/mol. The first-order valence-corrected chi connectivity index (χ1v) is 7.56. The summed E-state index contributed by atoms with van der Waals surface area (Å²) in [5.41, 5.74) is 0. The van der Waals surface area contributed by atoms with Crippen molar-refractivity contribution in [3.8, 4) is 0 Å². The van der Waals surface area contributed by atoms with Gasteiger partial charge in [0.05, 0.1) is 12.7 Å². The lowest BCUT2D eigenvalue weighted by Gasteiger charge is -2.18.